The Morgan fingerprint density at radius 2 is 1.96 bits per heavy atom. The predicted molar refractivity (Wildman–Crippen MR) is 103 cm³/mol. The molecular weight excluding hydrogens is 334 g/mol. The summed E-state index contributed by atoms with van der Waals surface area (Å²) in [6.45, 7) is 0.884. The maximum atomic E-state index is 6.40. The van der Waals surface area contributed by atoms with E-state index < -0.39 is 0 Å². The SMILES string of the molecule is Nc1c(Nc2cccc(Cl)c2)ncnc1N1CCCc2ccccc21. The van der Waals surface area contributed by atoms with Gasteiger partial charge in [-0.25, -0.2) is 9.97 Å². The van der Waals surface area contributed by atoms with E-state index in [1.54, 1.807) is 0 Å². The fourth-order valence-corrected chi connectivity index (χ4v) is 3.35. The molecule has 1 aliphatic rings. The van der Waals surface area contributed by atoms with Crippen molar-refractivity contribution in [3.8, 4) is 0 Å². The average Bonchev–Trinajstić information content (AvgIpc) is 2.63. The van der Waals surface area contributed by atoms with Gasteiger partial charge in [0.05, 0.1) is 0 Å². The van der Waals surface area contributed by atoms with Crippen LogP contribution in [0.4, 0.5) is 28.7 Å². The Morgan fingerprint density at radius 3 is 2.84 bits per heavy atom. The molecule has 0 fully saturated rings. The number of para-hydroxylation sites is 1. The van der Waals surface area contributed by atoms with E-state index >= 15 is 0 Å². The molecule has 0 bridgehead atoms. The van der Waals surface area contributed by atoms with Crippen molar-refractivity contribution in [3.63, 3.8) is 0 Å². The second kappa shape index (κ2) is 6.61. The van der Waals surface area contributed by atoms with Gasteiger partial charge in [-0.3, -0.25) is 0 Å². The van der Waals surface area contributed by atoms with Crippen molar-refractivity contribution in [2.75, 3.05) is 22.5 Å². The van der Waals surface area contributed by atoms with Crippen molar-refractivity contribution >= 4 is 40.3 Å². The normalized spacial score (nSPS) is 13.4. The quantitative estimate of drug-likeness (QED) is 0.725. The number of anilines is 5. The molecule has 4 rings (SSSR count). The Morgan fingerprint density at radius 1 is 1.08 bits per heavy atom. The first-order valence-electron chi connectivity index (χ1n) is 8.21. The number of aryl methyl sites for hydroxylation is 1. The van der Waals surface area contributed by atoms with Crippen molar-refractivity contribution in [3.05, 3.63) is 65.4 Å². The molecule has 0 aliphatic carbocycles. The highest BCUT2D eigenvalue weighted by Crippen LogP contribution is 2.37. The highest BCUT2D eigenvalue weighted by atomic mass is 35.5. The zero-order valence-corrected chi connectivity index (χ0v) is 14.4. The third-order valence-corrected chi connectivity index (χ3v) is 4.55. The van der Waals surface area contributed by atoms with Crippen LogP contribution in [-0.2, 0) is 6.42 Å². The van der Waals surface area contributed by atoms with Crippen LogP contribution in [0.1, 0.15) is 12.0 Å². The third-order valence-electron chi connectivity index (χ3n) is 4.32. The summed E-state index contributed by atoms with van der Waals surface area (Å²) in [5.74, 6) is 1.31. The first kappa shape index (κ1) is 15.7. The lowest BCUT2D eigenvalue weighted by Crippen LogP contribution is -2.26. The number of nitrogens with zero attached hydrogens (tertiary/aromatic N) is 3. The van der Waals surface area contributed by atoms with Gasteiger partial charge in [0, 0.05) is 22.9 Å². The zero-order chi connectivity index (χ0) is 17.2. The van der Waals surface area contributed by atoms with Gasteiger partial charge < -0.3 is 16.0 Å². The van der Waals surface area contributed by atoms with Gasteiger partial charge in [0.1, 0.15) is 12.0 Å². The first-order chi connectivity index (χ1) is 12.2. The fraction of sp³-hybridized carbons (Fsp3) is 0.158. The lowest BCUT2D eigenvalue weighted by molar-refractivity contribution is 0.759. The van der Waals surface area contributed by atoms with Gasteiger partial charge in [-0.1, -0.05) is 35.9 Å². The van der Waals surface area contributed by atoms with Gasteiger partial charge in [-0.2, -0.15) is 0 Å². The van der Waals surface area contributed by atoms with Crippen LogP contribution in [0.3, 0.4) is 0 Å². The van der Waals surface area contributed by atoms with Crippen molar-refractivity contribution in [2.45, 2.75) is 12.8 Å². The maximum Gasteiger partial charge on any atom is 0.161 e. The maximum absolute atomic E-state index is 6.40. The molecule has 5 nitrogen and oxygen atoms in total. The van der Waals surface area contributed by atoms with E-state index in [1.807, 2.05) is 30.3 Å². The van der Waals surface area contributed by atoms with Crippen LogP contribution in [0.5, 0.6) is 0 Å². The highest BCUT2D eigenvalue weighted by molar-refractivity contribution is 6.30. The van der Waals surface area contributed by atoms with Gasteiger partial charge >= 0.3 is 0 Å². The molecule has 1 aromatic heterocycles. The molecule has 0 radical (unpaired) electrons. The molecule has 0 saturated carbocycles. The van der Waals surface area contributed by atoms with Crippen LogP contribution in [0.25, 0.3) is 0 Å². The molecule has 1 aliphatic heterocycles. The monoisotopic (exact) mass is 351 g/mol. The fourth-order valence-electron chi connectivity index (χ4n) is 3.16. The number of hydrogen-bond acceptors (Lipinski definition) is 5. The molecule has 25 heavy (non-hydrogen) atoms. The lowest BCUT2D eigenvalue weighted by Gasteiger charge is -2.31. The number of aromatic nitrogens is 2. The Hall–Kier alpha value is -2.79. The molecule has 6 heteroatoms. The summed E-state index contributed by atoms with van der Waals surface area (Å²) in [6.07, 6.45) is 3.68. The summed E-state index contributed by atoms with van der Waals surface area (Å²) in [7, 11) is 0. The van der Waals surface area contributed by atoms with Gasteiger partial charge in [-0.15, -0.1) is 0 Å². The minimum absolute atomic E-state index is 0.527. The van der Waals surface area contributed by atoms with Crippen molar-refractivity contribution in [1.29, 1.82) is 0 Å². The van der Waals surface area contributed by atoms with E-state index in [0.29, 0.717) is 16.5 Å². The molecule has 0 amide bonds. The number of hydrogen-bond donors (Lipinski definition) is 2. The van der Waals surface area contributed by atoms with Crippen LogP contribution in [-0.4, -0.2) is 16.5 Å². The van der Waals surface area contributed by atoms with Crippen molar-refractivity contribution in [1.82, 2.24) is 9.97 Å². The number of halogens is 1. The molecule has 3 aromatic rings. The summed E-state index contributed by atoms with van der Waals surface area (Å²) in [5.41, 5.74) is 10.2. The van der Waals surface area contributed by atoms with Gasteiger partial charge in [-0.05, 0) is 42.7 Å². The molecule has 2 aromatic carbocycles. The Balaban J connectivity index is 1.71. The molecule has 0 atom stereocenters. The van der Waals surface area contributed by atoms with E-state index in [-0.39, 0.29) is 0 Å². The summed E-state index contributed by atoms with van der Waals surface area (Å²) in [5, 5.41) is 3.88. The van der Waals surface area contributed by atoms with Crippen LogP contribution >= 0.6 is 11.6 Å². The number of nitrogens with one attached hydrogen (secondary N) is 1. The van der Waals surface area contributed by atoms with E-state index in [9.17, 15) is 0 Å². The number of nitrogen functional groups attached to an aromatic ring is 1. The molecule has 2 heterocycles. The summed E-state index contributed by atoms with van der Waals surface area (Å²) in [4.78, 5) is 10.9. The Kier molecular flexibility index (Phi) is 4.15. The standard InChI is InChI=1S/C19H18ClN5/c20-14-7-3-8-15(11-14)24-18-17(21)19(23-12-22-18)25-10-4-6-13-5-1-2-9-16(13)25/h1-3,5,7-9,11-12H,4,6,10,21H2,(H,22,23,24). The lowest BCUT2D eigenvalue weighted by atomic mass is 10.0. The van der Waals surface area contributed by atoms with Crippen LogP contribution in [0.2, 0.25) is 5.02 Å². The Labute approximate surface area is 151 Å². The van der Waals surface area contributed by atoms with E-state index in [2.05, 4.69) is 38.4 Å². The zero-order valence-electron chi connectivity index (χ0n) is 13.6. The molecular formula is C19H18ClN5. The topological polar surface area (TPSA) is 67.1 Å². The number of fused-ring (bicyclic) bond motifs is 1. The highest BCUT2D eigenvalue weighted by Gasteiger charge is 2.22. The van der Waals surface area contributed by atoms with Crippen LogP contribution in [0.15, 0.2) is 54.9 Å². The molecule has 126 valence electrons. The number of nitrogens with two attached hydrogens (primary N) is 1. The largest absolute Gasteiger partial charge is 0.393 e. The molecule has 0 spiro atoms. The molecule has 3 N–H and O–H groups in total. The minimum atomic E-state index is 0.527. The summed E-state index contributed by atoms with van der Waals surface area (Å²) >= 11 is 6.05. The van der Waals surface area contributed by atoms with Crippen molar-refractivity contribution in [2.24, 2.45) is 0 Å². The molecule has 0 unspecified atom stereocenters. The van der Waals surface area contributed by atoms with Crippen molar-refractivity contribution < 1.29 is 0 Å². The summed E-state index contributed by atoms with van der Waals surface area (Å²) < 4.78 is 0. The first-order valence-corrected chi connectivity index (χ1v) is 8.58. The van der Waals surface area contributed by atoms with Gasteiger partial charge in [0.15, 0.2) is 11.6 Å². The van der Waals surface area contributed by atoms with Crippen LogP contribution < -0.4 is 16.0 Å². The second-order valence-electron chi connectivity index (χ2n) is 5.98. The average molecular weight is 352 g/mol. The second-order valence-corrected chi connectivity index (χ2v) is 6.42. The van der Waals surface area contributed by atoms with Crippen LogP contribution in [0, 0.1) is 0 Å². The third kappa shape index (κ3) is 3.10. The van der Waals surface area contributed by atoms with Gasteiger partial charge in [0.2, 0.25) is 0 Å². The van der Waals surface area contributed by atoms with E-state index in [0.717, 1.165) is 36.6 Å². The van der Waals surface area contributed by atoms with Gasteiger partial charge in [0.25, 0.3) is 0 Å². The van der Waals surface area contributed by atoms with E-state index in [4.69, 9.17) is 17.3 Å². The smallest absolute Gasteiger partial charge is 0.161 e. The summed E-state index contributed by atoms with van der Waals surface area (Å²) in [6, 6.07) is 15.8. The Bertz CT molecular complexity index is 912. The number of benzene rings is 2. The minimum Gasteiger partial charge on any atom is -0.393 e. The number of rotatable bonds is 3. The van der Waals surface area contributed by atoms with E-state index in [1.165, 1.54) is 11.9 Å². The molecule has 0 saturated heterocycles. The predicted octanol–water partition coefficient (Wildman–Crippen LogP) is 4.54.